The van der Waals surface area contributed by atoms with Crippen molar-refractivity contribution in [3.8, 4) is 0 Å². The van der Waals surface area contributed by atoms with Crippen LogP contribution in [-0.2, 0) is 0 Å². The fraction of sp³-hybridized carbons (Fsp3) is 1.00. The van der Waals surface area contributed by atoms with E-state index in [1.54, 1.807) is 0 Å². The van der Waals surface area contributed by atoms with E-state index in [0.29, 0.717) is 0 Å². The van der Waals surface area contributed by atoms with Gasteiger partial charge in [0.1, 0.15) is 0 Å². The van der Waals surface area contributed by atoms with Crippen molar-refractivity contribution < 1.29 is 0 Å². The van der Waals surface area contributed by atoms with Gasteiger partial charge in [-0.25, -0.2) is 0 Å². The van der Waals surface area contributed by atoms with Crippen LogP contribution < -0.4 is 5.32 Å². The Morgan fingerprint density at radius 1 is 1.25 bits per heavy atom. The molecule has 0 rings (SSSR count). The van der Waals surface area contributed by atoms with Gasteiger partial charge in [0.05, 0.1) is 0 Å². The second kappa shape index (κ2) is 9.40. The molecule has 0 aromatic heterocycles. The summed E-state index contributed by atoms with van der Waals surface area (Å²) in [5.74, 6) is 2.59. The van der Waals surface area contributed by atoms with Gasteiger partial charge in [0.15, 0.2) is 0 Å². The fourth-order valence-corrected chi connectivity index (χ4v) is 2.02. The van der Waals surface area contributed by atoms with E-state index >= 15 is 0 Å². The van der Waals surface area contributed by atoms with Gasteiger partial charge in [-0.05, 0) is 37.8 Å². The zero-order valence-corrected chi connectivity index (χ0v) is 9.54. The van der Waals surface area contributed by atoms with Gasteiger partial charge in [0, 0.05) is 6.04 Å². The Bertz CT molecular complexity index is 85.9. The highest BCUT2D eigenvalue weighted by molar-refractivity contribution is 7.99. The van der Waals surface area contributed by atoms with Crippen molar-refractivity contribution in [1.82, 2.24) is 5.32 Å². The Morgan fingerprint density at radius 2 is 2.00 bits per heavy atom. The molecule has 0 bridgehead atoms. The Morgan fingerprint density at radius 3 is 2.50 bits per heavy atom. The summed E-state index contributed by atoms with van der Waals surface area (Å²) in [5, 5.41) is 3.37. The number of hydrogen-bond donors (Lipinski definition) is 1. The SMILES string of the molecule is CCCC(CCCSCC)NC. The molecule has 0 saturated carbocycles. The van der Waals surface area contributed by atoms with Crippen molar-refractivity contribution in [1.29, 1.82) is 0 Å². The van der Waals surface area contributed by atoms with Gasteiger partial charge in [-0.15, -0.1) is 0 Å². The normalized spacial score (nSPS) is 13.2. The Kier molecular flexibility index (Phi) is 9.64. The van der Waals surface area contributed by atoms with Crippen LogP contribution in [0, 0.1) is 0 Å². The van der Waals surface area contributed by atoms with Gasteiger partial charge >= 0.3 is 0 Å². The number of nitrogens with one attached hydrogen (secondary N) is 1. The van der Waals surface area contributed by atoms with Crippen molar-refractivity contribution in [2.75, 3.05) is 18.6 Å². The van der Waals surface area contributed by atoms with E-state index < -0.39 is 0 Å². The van der Waals surface area contributed by atoms with Crippen LogP contribution in [0.4, 0.5) is 0 Å². The van der Waals surface area contributed by atoms with E-state index in [0.717, 1.165) is 6.04 Å². The van der Waals surface area contributed by atoms with E-state index in [1.165, 1.54) is 37.2 Å². The summed E-state index contributed by atoms with van der Waals surface area (Å²) in [6, 6.07) is 0.757. The van der Waals surface area contributed by atoms with E-state index in [-0.39, 0.29) is 0 Å². The van der Waals surface area contributed by atoms with Crippen LogP contribution in [0.5, 0.6) is 0 Å². The molecule has 1 unspecified atom stereocenters. The highest BCUT2D eigenvalue weighted by Gasteiger charge is 2.02. The molecule has 0 amide bonds. The van der Waals surface area contributed by atoms with E-state index in [1.807, 2.05) is 0 Å². The molecule has 12 heavy (non-hydrogen) atoms. The molecule has 1 atom stereocenters. The number of rotatable bonds is 8. The molecular weight excluding hydrogens is 166 g/mol. The molecule has 0 aromatic rings. The molecule has 0 spiro atoms. The molecule has 0 fully saturated rings. The minimum Gasteiger partial charge on any atom is -0.317 e. The van der Waals surface area contributed by atoms with Crippen LogP contribution in [0.15, 0.2) is 0 Å². The number of hydrogen-bond acceptors (Lipinski definition) is 2. The van der Waals surface area contributed by atoms with Crippen LogP contribution in [0.25, 0.3) is 0 Å². The molecule has 0 aliphatic carbocycles. The van der Waals surface area contributed by atoms with Gasteiger partial charge in [0.25, 0.3) is 0 Å². The van der Waals surface area contributed by atoms with Crippen molar-refractivity contribution in [3.63, 3.8) is 0 Å². The maximum atomic E-state index is 3.37. The molecule has 74 valence electrons. The summed E-state index contributed by atoms with van der Waals surface area (Å²) in [6.45, 7) is 4.48. The Balaban J connectivity index is 3.19. The predicted octanol–water partition coefficient (Wildman–Crippen LogP) is 2.91. The van der Waals surface area contributed by atoms with Gasteiger partial charge in [-0.3, -0.25) is 0 Å². The summed E-state index contributed by atoms with van der Waals surface area (Å²) >= 11 is 2.05. The summed E-state index contributed by atoms with van der Waals surface area (Å²) in [7, 11) is 2.08. The van der Waals surface area contributed by atoms with E-state index in [4.69, 9.17) is 0 Å². The first kappa shape index (κ1) is 12.3. The third-order valence-corrected chi connectivity index (χ3v) is 3.08. The second-order valence-corrected chi connectivity index (χ2v) is 4.51. The van der Waals surface area contributed by atoms with Crippen LogP contribution in [0.1, 0.15) is 39.5 Å². The van der Waals surface area contributed by atoms with Crippen molar-refractivity contribution in [2.24, 2.45) is 0 Å². The lowest BCUT2D eigenvalue weighted by atomic mass is 10.1. The second-order valence-electron chi connectivity index (χ2n) is 3.11. The first-order valence-electron chi connectivity index (χ1n) is 5.10. The Labute approximate surface area is 81.7 Å². The van der Waals surface area contributed by atoms with Crippen LogP contribution in [0.3, 0.4) is 0 Å². The van der Waals surface area contributed by atoms with Gasteiger partial charge in [-0.2, -0.15) is 11.8 Å². The molecule has 0 aliphatic heterocycles. The summed E-state index contributed by atoms with van der Waals surface area (Å²) in [6.07, 6.45) is 5.33. The standard InChI is InChI=1S/C10H23NS/c1-4-7-10(11-3)8-6-9-12-5-2/h10-11H,4-9H2,1-3H3. The van der Waals surface area contributed by atoms with Crippen molar-refractivity contribution in [3.05, 3.63) is 0 Å². The fourth-order valence-electron chi connectivity index (χ4n) is 1.36. The molecular formula is C10H23NS. The zero-order valence-electron chi connectivity index (χ0n) is 8.73. The average Bonchev–Trinajstić information content (AvgIpc) is 2.10. The van der Waals surface area contributed by atoms with Gasteiger partial charge in [-0.1, -0.05) is 20.3 Å². The minimum atomic E-state index is 0.757. The first-order valence-corrected chi connectivity index (χ1v) is 6.25. The monoisotopic (exact) mass is 189 g/mol. The maximum absolute atomic E-state index is 3.37. The third-order valence-electron chi connectivity index (χ3n) is 2.09. The molecule has 1 N–H and O–H groups in total. The Hall–Kier alpha value is 0.310. The smallest absolute Gasteiger partial charge is 0.00642 e. The van der Waals surface area contributed by atoms with E-state index in [9.17, 15) is 0 Å². The van der Waals surface area contributed by atoms with Crippen molar-refractivity contribution >= 4 is 11.8 Å². The molecule has 2 heteroatoms. The summed E-state index contributed by atoms with van der Waals surface area (Å²) < 4.78 is 0. The third kappa shape index (κ3) is 6.99. The highest BCUT2D eigenvalue weighted by atomic mass is 32.2. The van der Waals surface area contributed by atoms with Crippen LogP contribution in [0.2, 0.25) is 0 Å². The molecule has 0 radical (unpaired) electrons. The van der Waals surface area contributed by atoms with Crippen molar-refractivity contribution in [2.45, 2.75) is 45.6 Å². The lowest BCUT2D eigenvalue weighted by molar-refractivity contribution is 0.480. The molecule has 0 aliphatic rings. The molecule has 0 heterocycles. The topological polar surface area (TPSA) is 12.0 Å². The quantitative estimate of drug-likeness (QED) is 0.589. The summed E-state index contributed by atoms with van der Waals surface area (Å²) in [5.41, 5.74) is 0. The molecule has 0 saturated heterocycles. The lowest BCUT2D eigenvalue weighted by Gasteiger charge is -2.14. The molecule has 1 nitrogen and oxygen atoms in total. The van der Waals surface area contributed by atoms with E-state index in [2.05, 4.69) is 38.0 Å². The average molecular weight is 189 g/mol. The predicted molar refractivity (Wildman–Crippen MR) is 60.0 cm³/mol. The van der Waals surface area contributed by atoms with Crippen LogP contribution in [-0.4, -0.2) is 24.6 Å². The first-order chi connectivity index (χ1) is 5.85. The van der Waals surface area contributed by atoms with Gasteiger partial charge < -0.3 is 5.32 Å². The maximum Gasteiger partial charge on any atom is 0.00642 e. The lowest BCUT2D eigenvalue weighted by Crippen LogP contribution is -2.24. The number of thioether (sulfide) groups is 1. The van der Waals surface area contributed by atoms with Crippen LogP contribution >= 0.6 is 11.8 Å². The molecule has 0 aromatic carbocycles. The van der Waals surface area contributed by atoms with Gasteiger partial charge in [0.2, 0.25) is 0 Å². The summed E-state index contributed by atoms with van der Waals surface area (Å²) in [4.78, 5) is 0. The zero-order chi connectivity index (χ0) is 9.23. The highest BCUT2D eigenvalue weighted by Crippen LogP contribution is 2.08. The largest absolute Gasteiger partial charge is 0.317 e. The minimum absolute atomic E-state index is 0.757.